The van der Waals surface area contributed by atoms with Gasteiger partial charge in [0.25, 0.3) is 5.91 Å². The lowest BCUT2D eigenvalue weighted by Crippen LogP contribution is -2.35. The number of ether oxygens (including phenoxy) is 1. The van der Waals surface area contributed by atoms with Crippen LogP contribution in [0.2, 0.25) is 0 Å². The third-order valence-electron chi connectivity index (χ3n) is 4.35. The lowest BCUT2D eigenvalue weighted by atomic mass is 10.1. The van der Waals surface area contributed by atoms with E-state index in [0.29, 0.717) is 24.1 Å². The maximum atomic E-state index is 12.9. The lowest BCUT2D eigenvalue weighted by Gasteiger charge is -2.12. The number of carbonyl (C=O) groups is 3. The second-order valence-electron chi connectivity index (χ2n) is 6.41. The van der Waals surface area contributed by atoms with E-state index in [1.165, 1.54) is 24.3 Å². The molecule has 1 aliphatic heterocycles. The van der Waals surface area contributed by atoms with Gasteiger partial charge in [-0.2, -0.15) is 0 Å². The van der Waals surface area contributed by atoms with Gasteiger partial charge >= 0.3 is 5.97 Å². The van der Waals surface area contributed by atoms with Gasteiger partial charge in [0, 0.05) is 17.8 Å². The number of carbonyl (C=O) groups excluding carboxylic acids is 2. The van der Waals surface area contributed by atoms with Crippen molar-refractivity contribution in [2.24, 2.45) is 0 Å². The van der Waals surface area contributed by atoms with Gasteiger partial charge in [0.05, 0.1) is 0 Å². The van der Waals surface area contributed by atoms with Gasteiger partial charge in [-0.3, -0.25) is 9.59 Å². The number of aliphatic carboxylic acids is 1. The van der Waals surface area contributed by atoms with Gasteiger partial charge in [-0.25, -0.2) is 9.18 Å². The highest BCUT2D eigenvalue weighted by Gasteiger charge is 2.34. The van der Waals surface area contributed by atoms with Gasteiger partial charge in [0.15, 0.2) is 6.10 Å². The zero-order valence-electron chi connectivity index (χ0n) is 14.9. The standard InChI is InChI=1S/C20H19FN2O5/c21-14-6-4-13(5-7-14)18(24)23-15-3-1-2-12(10-15)11-22-19(25)16-8-9-17(28-16)20(26)27/h1-7,10,16-17H,8-9,11H2,(H,22,25)(H,23,24)(H,26,27)/t16-,17+/m0/s1. The van der Waals surface area contributed by atoms with Crippen LogP contribution >= 0.6 is 0 Å². The minimum atomic E-state index is -1.07. The summed E-state index contributed by atoms with van der Waals surface area (Å²) in [6.45, 7) is 0.205. The Balaban J connectivity index is 1.55. The molecule has 3 N–H and O–H groups in total. The number of carboxylic acids is 1. The molecule has 2 aromatic carbocycles. The van der Waals surface area contributed by atoms with Crippen LogP contribution < -0.4 is 10.6 Å². The van der Waals surface area contributed by atoms with E-state index >= 15 is 0 Å². The van der Waals surface area contributed by atoms with Gasteiger partial charge in [0.2, 0.25) is 5.91 Å². The van der Waals surface area contributed by atoms with Crippen LogP contribution in [0.15, 0.2) is 48.5 Å². The molecule has 0 aliphatic carbocycles. The fourth-order valence-electron chi connectivity index (χ4n) is 2.88. The summed E-state index contributed by atoms with van der Waals surface area (Å²) in [7, 11) is 0. The first kappa shape index (κ1) is 19.5. The van der Waals surface area contributed by atoms with Crippen molar-refractivity contribution in [3.8, 4) is 0 Å². The van der Waals surface area contributed by atoms with E-state index < -0.39 is 24.0 Å². The van der Waals surface area contributed by atoms with E-state index in [1.807, 2.05) is 0 Å². The number of benzene rings is 2. The smallest absolute Gasteiger partial charge is 0.332 e. The van der Waals surface area contributed by atoms with E-state index in [0.717, 1.165) is 5.56 Å². The maximum Gasteiger partial charge on any atom is 0.332 e. The Labute approximate surface area is 160 Å². The minimum Gasteiger partial charge on any atom is -0.479 e. The SMILES string of the molecule is O=C(Nc1cccc(CNC(=O)[C@@H]2CC[C@H](C(=O)O)O2)c1)c1ccc(F)cc1. The highest BCUT2D eigenvalue weighted by molar-refractivity contribution is 6.04. The van der Waals surface area contributed by atoms with Crippen molar-refractivity contribution in [3.05, 3.63) is 65.5 Å². The number of hydrogen-bond donors (Lipinski definition) is 3. The Morgan fingerprint density at radius 3 is 2.46 bits per heavy atom. The normalized spacial score (nSPS) is 18.5. The fourth-order valence-corrected chi connectivity index (χ4v) is 2.88. The second-order valence-corrected chi connectivity index (χ2v) is 6.41. The van der Waals surface area contributed by atoms with Gasteiger partial charge in [0.1, 0.15) is 11.9 Å². The Kier molecular flexibility index (Phi) is 6.00. The van der Waals surface area contributed by atoms with Crippen LogP contribution in [0.25, 0.3) is 0 Å². The van der Waals surface area contributed by atoms with E-state index in [1.54, 1.807) is 24.3 Å². The molecule has 1 heterocycles. The summed E-state index contributed by atoms with van der Waals surface area (Å²) in [6.07, 6.45) is -1.06. The summed E-state index contributed by atoms with van der Waals surface area (Å²) in [6, 6.07) is 12.1. The highest BCUT2D eigenvalue weighted by Crippen LogP contribution is 2.20. The molecular weight excluding hydrogens is 367 g/mol. The molecule has 0 saturated carbocycles. The molecule has 0 radical (unpaired) electrons. The van der Waals surface area contributed by atoms with Crippen LogP contribution in [0, 0.1) is 5.82 Å². The number of hydrogen-bond acceptors (Lipinski definition) is 4. The molecule has 1 saturated heterocycles. The summed E-state index contributed by atoms with van der Waals surface area (Å²) in [5.74, 6) is -2.24. The topological polar surface area (TPSA) is 105 Å². The number of rotatable bonds is 6. The molecule has 7 nitrogen and oxygen atoms in total. The first-order valence-corrected chi connectivity index (χ1v) is 8.74. The van der Waals surface area contributed by atoms with Crippen molar-refractivity contribution >= 4 is 23.5 Å². The molecule has 0 spiro atoms. The van der Waals surface area contributed by atoms with Crippen molar-refractivity contribution in [2.45, 2.75) is 31.6 Å². The Morgan fingerprint density at radius 1 is 1.07 bits per heavy atom. The van der Waals surface area contributed by atoms with Crippen LogP contribution in [0.1, 0.15) is 28.8 Å². The van der Waals surface area contributed by atoms with E-state index in [4.69, 9.17) is 9.84 Å². The quantitative estimate of drug-likeness (QED) is 0.707. The van der Waals surface area contributed by atoms with E-state index in [9.17, 15) is 18.8 Å². The molecule has 0 bridgehead atoms. The Hall–Kier alpha value is -3.26. The molecule has 28 heavy (non-hydrogen) atoms. The number of nitrogens with one attached hydrogen (secondary N) is 2. The fraction of sp³-hybridized carbons (Fsp3) is 0.250. The lowest BCUT2D eigenvalue weighted by molar-refractivity contribution is -0.151. The van der Waals surface area contributed by atoms with Gasteiger partial charge in [-0.05, 0) is 54.8 Å². The molecule has 146 valence electrons. The van der Waals surface area contributed by atoms with Crippen molar-refractivity contribution in [2.75, 3.05) is 5.32 Å². The minimum absolute atomic E-state index is 0.205. The third kappa shape index (κ3) is 4.92. The van der Waals surface area contributed by atoms with Crippen LogP contribution in [0.5, 0.6) is 0 Å². The summed E-state index contributed by atoms with van der Waals surface area (Å²) < 4.78 is 18.2. The molecular formula is C20H19FN2O5. The van der Waals surface area contributed by atoms with Gasteiger partial charge in [-0.1, -0.05) is 12.1 Å². The largest absolute Gasteiger partial charge is 0.479 e. The van der Waals surface area contributed by atoms with E-state index in [-0.39, 0.29) is 18.4 Å². The number of carboxylic acid groups (broad SMARTS) is 1. The predicted molar refractivity (Wildman–Crippen MR) is 98.2 cm³/mol. The van der Waals surface area contributed by atoms with Gasteiger partial charge < -0.3 is 20.5 Å². The molecule has 2 atom stereocenters. The van der Waals surface area contributed by atoms with Crippen molar-refractivity contribution in [1.29, 1.82) is 0 Å². The van der Waals surface area contributed by atoms with Crippen LogP contribution in [0.3, 0.4) is 0 Å². The Bertz CT molecular complexity index is 884. The number of halogens is 1. The molecule has 8 heteroatoms. The molecule has 0 unspecified atom stereocenters. The Morgan fingerprint density at radius 2 is 1.79 bits per heavy atom. The monoisotopic (exact) mass is 386 g/mol. The maximum absolute atomic E-state index is 12.9. The second kappa shape index (κ2) is 8.62. The highest BCUT2D eigenvalue weighted by atomic mass is 19.1. The van der Waals surface area contributed by atoms with Crippen LogP contribution in [-0.4, -0.2) is 35.1 Å². The molecule has 1 aliphatic rings. The third-order valence-corrected chi connectivity index (χ3v) is 4.35. The van der Waals surface area contributed by atoms with Crippen molar-refractivity contribution < 1.29 is 28.6 Å². The molecule has 2 aromatic rings. The molecule has 1 fully saturated rings. The average molecular weight is 386 g/mol. The van der Waals surface area contributed by atoms with Crippen LogP contribution in [0.4, 0.5) is 10.1 Å². The van der Waals surface area contributed by atoms with E-state index in [2.05, 4.69) is 10.6 Å². The molecule has 3 rings (SSSR count). The summed E-state index contributed by atoms with van der Waals surface area (Å²) in [4.78, 5) is 35.2. The first-order valence-electron chi connectivity index (χ1n) is 8.74. The molecule has 0 aromatic heterocycles. The average Bonchev–Trinajstić information content (AvgIpc) is 3.17. The first-order chi connectivity index (χ1) is 13.4. The summed E-state index contributed by atoms with van der Waals surface area (Å²) in [5.41, 5.74) is 1.61. The van der Waals surface area contributed by atoms with Crippen LogP contribution in [-0.2, 0) is 20.9 Å². The van der Waals surface area contributed by atoms with Gasteiger partial charge in [-0.15, -0.1) is 0 Å². The zero-order chi connectivity index (χ0) is 20.1. The number of anilines is 1. The van der Waals surface area contributed by atoms with Crippen molar-refractivity contribution in [1.82, 2.24) is 5.32 Å². The number of amides is 2. The zero-order valence-corrected chi connectivity index (χ0v) is 14.9. The summed E-state index contributed by atoms with van der Waals surface area (Å²) in [5, 5.41) is 14.3. The molecule has 2 amide bonds. The predicted octanol–water partition coefficient (Wildman–Crippen LogP) is 2.33. The summed E-state index contributed by atoms with van der Waals surface area (Å²) >= 11 is 0. The van der Waals surface area contributed by atoms with Crippen molar-refractivity contribution in [3.63, 3.8) is 0 Å².